The van der Waals surface area contributed by atoms with Gasteiger partial charge in [0.25, 0.3) is 5.69 Å². The molecular weight excluding hydrogens is 424 g/mol. The fraction of sp³-hybridized carbons (Fsp3) is 0.286. The number of nitro groups is 1. The first-order valence-electron chi connectivity index (χ1n) is 9.64. The van der Waals surface area contributed by atoms with Gasteiger partial charge >= 0.3 is 0 Å². The van der Waals surface area contributed by atoms with Crippen LogP contribution in [0.3, 0.4) is 0 Å². The number of hydrogen-bond acceptors (Lipinski definition) is 6. The monoisotopic (exact) mass is 444 g/mol. The minimum Gasteiger partial charge on any atom is -0.379 e. The van der Waals surface area contributed by atoms with Gasteiger partial charge < -0.3 is 9.30 Å². The van der Waals surface area contributed by atoms with Crippen molar-refractivity contribution in [3.63, 3.8) is 0 Å². The van der Waals surface area contributed by atoms with E-state index in [0.717, 1.165) is 61.1 Å². The van der Waals surface area contributed by atoms with Crippen molar-refractivity contribution in [2.75, 3.05) is 32.8 Å². The van der Waals surface area contributed by atoms with Crippen molar-refractivity contribution >= 4 is 34.3 Å². The van der Waals surface area contributed by atoms with Gasteiger partial charge in [-0.1, -0.05) is 11.6 Å². The number of hydrogen-bond donors (Lipinski definition) is 0. The van der Waals surface area contributed by atoms with Gasteiger partial charge in [-0.15, -0.1) is 11.3 Å². The highest BCUT2D eigenvalue weighted by Crippen LogP contribution is 2.24. The van der Waals surface area contributed by atoms with E-state index in [0.29, 0.717) is 5.02 Å². The first kappa shape index (κ1) is 20.7. The van der Waals surface area contributed by atoms with Gasteiger partial charge in [-0.05, 0) is 42.0 Å². The molecule has 1 fully saturated rings. The molecule has 0 amide bonds. The van der Waals surface area contributed by atoms with E-state index in [1.165, 1.54) is 12.1 Å². The molecule has 1 aromatic heterocycles. The molecule has 7 nitrogen and oxygen atoms in total. The van der Waals surface area contributed by atoms with E-state index in [2.05, 4.69) is 14.8 Å². The zero-order valence-corrected chi connectivity index (χ0v) is 17.8. The van der Waals surface area contributed by atoms with E-state index in [9.17, 15) is 10.1 Å². The van der Waals surface area contributed by atoms with Crippen molar-refractivity contribution in [3.05, 3.63) is 73.8 Å². The van der Waals surface area contributed by atoms with Gasteiger partial charge in [0.15, 0.2) is 4.80 Å². The average Bonchev–Trinajstić information content (AvgIpc) is 3.17. The van der Waals surface area contributed by atoms with Crippen LogP contribution >= 0.6 is 22.9 Å². The summed E-state index contributed by atoms with van der Waals surface area (Å²) in [6.07, 6.45) is 0. The Morgan fingerprint density at radius 3 is 2.43 bits per heavy atom. The Labute approximate surface area is 183 Å². The van der Waals surface area contributed by atoms with Crippen molar-refractivity contribution < 1.29 is 9.66 Å². The normalized spacial score (nSPS) is 15.4. The number of thiazole rings is 1. The predicted molar refractivity (Wildman–Crippen MR) is 118 cm³/mol. The molecule has 30 heavy (non-hydrogen) atoms. The molecule has 9 heteroatoms. The number of ether oxygens (including phenoxy) is 1. The first-order valence-corrected chi connectivity index (χ1v) is 10.9. The fourth-order valence-electron chi connectivity index (χ4n) is 3.31. The number of rotatable bonds is 6. The van der Waals surface area contributed by atoms with Crippen molar-refractivity contribution in [2.45, 2.75) is 6.54 Å². The standard InChI is InChI=1S/C21H21ClN4O3S/c22-17-3-5-18(6-4-17)23-21-25(10-9-24-11-13-29-14-12-24)20(15-30-21)16-1-7-19(8-2-16)26(27)28/h1-8,15H,9-14H2. The molecule has 0 bridgehead atoms. The van der Waals surface area contributed by atoms with Crippen LogP contribution in [-0.4, -0.2) is 47.2 Å². The van der Waals surface area contributed by atoms with Crippen LogP contribution in [-0.2, 0) is 11.3 Å². The zero-order chi connectivity index (χ0) is 20.9. The van der Waals surface area contributed by atoms with Crippen LogP contribution in [0, 0.1) is 10.1 Å². The minimum atomic E-state index is -0.384. The molecule has 1 aliphatic rings. The second-order valence-electron chi connectivity index (χ2n) is 6.90. The molecule has 0 radical (unpaired) electrons. The number of benzene rings is 2. The summed E-state index contributed by atoms with van der Waals surface area (Å²) in [6, 6.07) is 14.1. The highest BCUT2D eigenvalue weighted by atomic mass is 35.5. The Kier molecular flexibility index (Phi) is 6.59. The second kappa shape index (κ2) is 9.53. The Morgan fingerprint density at radius 1 is 1.07 bits per heavy atom. The molecule has 3 aromatic rings. The topological polar surface area (TPSA) is 72.9 Å². The Morgan fingerprint density at radius 2 is 1.77 bits per heavy atom. The summed E-state index contributed by atoms with van der Waals surface area (Å²) in [4.78, 5) is 18.7. The fourth-order valence-corrected chi connectivity index (χ4v) is 4.39. The molecule has 1 saturated heterocycles. The molecule has 0 aliphatic carbocycles. The molecule has 0 N–H and O–H groups in total. The molecular formula is C21H21ClN4O3S. The maximum Gasteiger partial charge on any atom is 0.269 e. The van der Waals surface area contributed by atoms with Crippen molar-refractivity contribution in [1.82, 2.24) is 9.47 Å². The summed E-state index contributed by atoms with van der Waals surface area (Å²) < 4.78 is 7.62. The molecule has 2 heterocycles. The van der Waals surface area contributed by atoms with Gasteiger partial charge in [-0.3, -0.25) is 15.0 Å². The van der Waals surface area contributed by atoms with Crippen molar-refractivity contribution in [2.24, 2.45) is 4.99 Å². The lowest BCUT2D eigenvalue weighted by atomic mass is 10.1. The molecule has 156 valence electrons. The van der Waals surface area contributed by atoms with Gasteiger partial charge in [-0.25, -0.2) is 4.99 Å². The first-order chi connectivity index (χ1) is 14.6. The summed E-state index contributed by atoms with van der Waals surface area (Å²) in [5.74, 6) is 0. The van der Waals surface area contributed by atoms with Crippen LogP contribution in [0.5, 0.6) is 0 Å². The Bertz CT molecular complexity index is 1070. The smallest absolute Gasteiger partial charge is 0.269 e. The lowest BCUT2D eigenvalue weighted by Crippen LogP contribution is -2.39. The van der Waals surface area contributed by atoms with Crippen molar-refractivity contribution in [1.29, 1.82) is 0 Å². The minimum absolute atomic E-state index is 0.0833. The number of aromatic nitrogens is 1. The summed E-state index contributed by atoms with van der Waals surface area (Å²) in [6.45, 7) is 5.00. The van der Waals surface area contributed by atoms with Crippen LogP contribution < -0.4 is 4.80 Å². The SMILES string of the molecule is O=[N+]([O-])c1ccc(-c2csc(=Nc3ccc(Cl)cc3)n2CCN2CCOCC2)cc1. The van der Waals surface area contributed by atoms with E-state index in [4.69, 9.17) is 21.3 Å². The van der Waals surface area contributed by atoms with E-state index in [1.807, 2.05) is 24.3 Å². The number of nitrogens with zero attached hydrogens (tertiary/aromatic N) is 4. The summed E-state index contributed by atoms with van der Waals surface area (Å²) in [7, 11) is 0. The molecule has 1 aliphatic heterocycles. The third kappa shape index (κ3) is 4.96. The highest BCUT2D eigenvalue weighted by molar-refractivity contribution is 7.07. The third-order valence-electron chi connectivity index (χ3n) is 4.97. The molecule has 0 atom stereocenters. The number of morpholine rings is 1. The number of nitro benzene ring substituents is 1. The predicted octanol–water partition coefficient (Wildman–Crippen LogP) is 4.34. The van der Waals surface area contributed by atoms with E-state index >= 15 is 0 Å². The molecule has 0 saturated carbocycles. The van der Waals surface area contributed by atoms with E-state index in [1.54, 1.807) is 23.5 Å². The highest BCUT2D eigenvalue weighted by Gasteiger charge is 2.14. The average molecular weight is 445 g/mol. The summed E-state index contributed by atoms with van der Waals surface area (Å²) >= 11 is 7.55. The van der Waals surface area contributed by atoms with Crippen LogP contribution in [0.15, 0.2) is 58.9 Å². The van der Waals surface area contributed by atoms with Crippen LogP contribution in [0.25, 0.3) is 11.3 Å². The lowest BCUT2D eigenvalue weighted by molar-refractivity contribution is -0.384. The van der Waals surface area contributed by atoms with Gasteiger partial charge in [0.2, 0.25) is 0 Å². The Balaban J connectivity index is 1.68. The largest absolute Gasteiger partial charge is 0.379 e. The van der Waals surface area contributed by atoms with E-state index in [-0.39, 0.29) is 10.6 Å². The molecule has 4 rings (SSSR count). The molecule has 0 unspecified atom stereocenters. The van der Waals surface area contributed by atoms with Crippen LogP contribution in [0.4, 0.5) is 11.4 Å². The third-order valence-corrected chi connectivity index (χ3v) is 6.08. The molecule has 2 aromatic carbocycles. The summed E-state index contributed by atoms with van der Waals surface area (Å²) in [5.41, 5.74) is 2.84. The lowest BCUT2D eigenvalue weighted by Gasteiger charge is -2.26. The van der Waals surface area contributed by atoms with Crippen molar-refractivity contribution in [3.8, 4) is 11.3 Å². The van der Waals surface area contributed by atoms with Gasteiger partial charge in [0.1, 0.15) is 0 Å². The van der Waals surface area contributed by atoms with Gasteiger partial charge in [0.05, 0.1) is 29.5 Å². The summed E-state index contributed by atoms with van der Waals surface area (Å²) in [5, 5.41) is 13.7. The maximum absolute atomic E-state index is 11.0. The molecule has 0 spiro atoms. The second-order valence-corrected chi connectivity index (χ2v) is 8.17. The van der Waals surface area contributed by atoms with Gasteiger partial charge in [0, 0.05) is 48.7 Å². The Hall–Kier alpha value is -2.52. The van der Waals surface area contributed by atoms with Crippen LogP contribution in [0.2, 0.25) is 5.02 Å². The van der Waals surface area contributed by atoms with Gasteiger partial charge in [-0.2, -0.15) is 0 Å². The quantitative estimate of drug-likeness (QED) is 0.418. The van der Waals surface area contributed by atoms with E-state index < -0.39 is 0 Å². The van der Waals surface area contributed by atoms with Crippen LogP contribution in [0.1, 0.15) is 0 Å². The zero-order valence-electron chi connectivity index (χ0n) is 16.2. The number of non-ortho nitro benzene ring substituents is 1. The number of halogens is 1. The maximum atomic E-state index is 11.0.